The Kier molecular flexibility index (Phi) is 3.97. The molecule has 110 valence electrons. The largest absolute Gasteiger partial charge is 0.518 e. The van der Waals surface area contributed by atoms with Gasteiger partial charge in [0.25, 0.3) is 0 Å². The summed E-state index contributed by atoms with van der Waals surface area (Å²) in [7, 11) is -0.262. The van der Waals surface area contributed by atoms with Gasteiger partial charge in [0.2, 0.25) is 0 Å². The third-order valence-electron chi connectivity index (χ3n) is 3.89. The molecule has 7 heteroatoms. The van der Waals surface area contributed by atoms with Gasteiger partial charge in [-0.1, -0.05) is 0 Å². The average Bonchev–Trinajstić information content (AvgIpc) is 2.57. The van der Waals surface area contributed by atoms with Crippen molar-refractivity contribution in [3.05, 3.63) is 12.3 Å². The van der Waals surface area contributed by atoms with Crippen molar-refractivity contribution in [2.45, 2.75) is 43.8 Å². The molecule has 0 saturated carbocycles. The van der Waals surface area contributed by atoms with Gasteiger partial charge < -0.3 is 14.0 Å². The van der Waals surface area contributed by atoms with E-state index in [1.165, 1.54) is 7.11 Å². The van der Waals surface area contributed by atoms with Crippen LogP contribution in [0.2, 0.25) is 0 Å². The van der Waals surface area contributed by atoms with Crippen molar-refractivity contribution in [1.29, 1.82) is 0 Å². The molecule has 0 radical (unpaired) electrons. The first-order chi connectivity index (χ1) is 9.19. The molecule has 1 aliphatic heterocycles. The zero-order chi connectivity index (χ0) is 15.1. The first-order valence-corrected chi connectivity index (χ1v) is 7.97. The van der Waals surface area contributed by atoms with Gasteiger partial charge in [0.1, 0.15) is 5.59 Å². The molecule has 0 aliphatic carbocycles. The zero-order valence-electron chi connectivity index (χ0n) is 12.7. The van der Waals surface area contributed by atoms with Crippen LogP contribution in [-0.2, 0) is 20.1 Å². The average molecular weight is 297 g/mol. The number of rotatable bonds is 3. The number of hydrogen-bond donors (Lipinski definition) is 0. The van der Waals surface area contributed by atoms with E-state index in [1.54, 1.807) is 18.5 Å². The molecule has 0 N–H and O–H groups in total. The van der Waals surface area contributed by atoms with Crippen molar-refractivity contribution in [2.75, 3.05) is 13.4 Å². The van der Waals surface area contributed by atoms with Crippen LogP contribution in [0, 0.1) is 0 Å². The number of nitrogens with zero attached hydrogens (tertiary/aromatic N) is 1. The molecule has 0 aromatic carbocycles. The van der Waals surface area contributed by atoms with Gasteiger partial charge in [-0.3, -0.25) is 9.19 Å². The highest BCUT2D eigenvalue weighted by Gasteiger charge is 2.53. The van der Waals surface area contributed by atoms with Crippen LogP contribution in [0.5, 0.6) is 5.75 Å². The Morgan fingerprint density at radius 1 is 1.25 bits per heavy atom. The van der Waals surface area contributed by atoms with E-state index in [0.717, 1.165) is 0 Å². The summed E-state index contributed by atoms with van der Waals surface area (Å²) in [6, 6.07) is 1.68. The van der Waals surface area contributed by atoms with Gasteiger partial charge in [-0.15, -0.1) is 0 Å². The highest BCUT2D eigenvalue weighted by Crippen LogP contribution is 2.37. The Labute approximate surface area is 122 Å². The Morgan fingerprint density at radius 3 is 2.25 bits per heavy atom. The topological polar surface area (TPSA) is 57.7 Å². The smallest absolute Gasteiger partial charge is 0.494 e. The van der Waals surface area contributed by atoms with Crippen LogP contribution >= 0.6 is 0 Å². The van der Waals surface area contributed by atoms with Crippen molar-refractivity contribution < 1.29 is 18.3 Å². The monoisotopic (exact) mass is 297 g/mol. The van der Waals surface area contributed by atoms with Crippen LogP contribution in [0.25, 0.3) is 0 Å². The molecule has 2 heterocycles. The molecular formula is C13H20BNO4S. The molecule has 1 fully saturated rings. The molecule has 1 aromatic heterocycles. The predicted molar refractivity (Wildman–Crippen MR) is 78.8 cm³/mol. The standard InChI is InChI=1S/C13H20BNO4S/c1-12(2)13(3,4)19-14(18-12)11-10(17-5)9(20(6)16)7-8-15-11/h7-8H,1-6H3. The lowest BCUT2D eigenvalue weighted by Crippen LogP contribution is -2.41. The summed E-state index contributed by atoms with van der Waals surface area (Å²) in [5, 5.41) is 0. The molecule has 1 unspecified atom stereocenters. The second kappa shape index (κ2) is 5.13. The summed E-state index contributed by atoms with van der Waals surface area (Å²) < 4.78 is 29.1. The van der Waals surface area contributed by atoms with E-state index in [4.69, 9.17) is 14.0 Å². The number of methoxy groups -OCH3 is 1. The van der Waals surface area contributed by atoms with Crippen molar-refractivity contribution in [2.24, 2.45) is 0 Å². The molecule has 1 aliphatic rings. The van der Waals surface area contributed by atoms with E-state index in [9.17, 15) is 4.21 Å². The third-order valence-corrected chi connectivity index (χ3v) is 4.83. The fourth-order valence-electron chi connectivity index (χ4n) is 2.00. The van der Waals surface area contributed by atoms with E-state index >= 15 is 0 Å². The minimum Gasteiger partial charge on any atom is -0.494 e. The quantitative estimate of drug-likeness (QED) is 0.783. The van der Waals surface area contributed by atoms with Crippen LogP contribution in [0.4, 0.5) is 0 Å². The first kappa shape index (κ1) is 15.5. The third kappa shape index (κ3) is 2.50. The SMILES string of the molecule is COc1c(S(C)=O)ccnc1B1OC(C)(C)C(C)(C)O1. The van der Waals surface area contributed by atoms with Gasteiger partial charge >= 0.3 is 7.12 Å². The van der Waals surface area contributed by atoms with Crippen LogP contribution in [0.15, 0.2) is 17.2 Å². The molecule has 1 aromatic rings. The molecule has 1 saturated heterocycles. The Bertz CT molecular complexity index is 531. The molecule has 5 nitrogen and oxygen atoms in total. The molecule has 0 bridgehead atoms. The van der Waals surface area contributed by atoms with Gasteiger partial charge in [-0.25, -0.2) is 0 Å². The fourth-order valence-corrected chi connectivity index (χ4v) is 2.70. The van der Waals surface area contributed by atoms with Crippen molar-refractivity contribution in [3.63, 3.8) is 0 Å². The molecule has 0 amide bonds. The number of pyridine rings is 1. The van der Waals surface area contributed by atoms with Gasteiger partial charge in [-0.05, 0) is 33.8 Å². The molecule has 2 rings (SSSR count). The van der Waals surface area contributed by atoms with Crippen LogP contribution in [0.3, 0.4) is 0 Å². The lowest BCUT2D eigenvalue weighted by Gasteiger charge is -2.32. The lowest BCUT2D eigenvalue weighted by atomic mass is 9.83. The molecular weight excluding hydrogens is 277 g/mol. The van der Waals surface area contributed by atoms with E-state index in [2.05, 4.69) is 4.98 Å². The van der Waals surface area contributed by atoms with Gasteiger partial charge in [0.15, 0.2) is 5.75 Å². The highest BCUT2D eigenvalue weighted by molar-refractivity contribution is 7.84. The predicted octanol–water partition coefficient (Wildman–Crippen LogP) is 1.13. The summed E-state index contributed by atoms with van der Waals surface area (Å²) in [6.07, 6.45) is 3.20. The summed E-state index contributed by atoms with van der Waals surface area (Å²) >= 11 is 0. The second-order valence-corrected chi connectivity index (χ2v) is 7.12. The highest BCUT2D eigenvalue weighted by atomic mass is 32.2. The molecule has 20 heavy (non-hydrogen) atoms. The second-order valence-electron chi connectivity index (χ2n) is 5.77. The van der Waals surface area contributed by atoms with Crippen molar-refractivity contribution in [3.8, 4) is 5.75 Å². The van der Waals surface area contributed by atoms with Gasteiger partial charge in [0, 0.05) is 12.5 Å². The number of ether oxygens (including phenoxy) is 1. The summed E-state index contributed by atoms with van der Waals surface area (Å²) in [5.41, 5.74) is -0.379. The number of aromatic nitrogens is 1. The van der Waals surface area contributed by atoms with Gasteiger partial charge in [0.05, 0.1) is 34.0 Å². The summed E-state index contributed by atoms with van der Waals surface area (Å²) in [5.74, 6) is 0.465. The molecule has 0 spiro atoms. The summed E-state index contributed by atoms with van der Waals surface area (Å²) in [6.45, 7) is 7.89. The first-order valence-electron chi connectivity index (χ1n) is 6.41. The Hall–Kier alpha value is -0.915. The molecule has 1 atom stereocenters. The minimum atomic E-state index is -1.17. The maximum Gasteiger partial charge on any atom is 0.518 e. The Balaban J connectivity index is 2.45. The van der Waals surface area contributed by atoms with Crippen molar-refractivity contribution in [1.82, 2.24) is 4.98 Å². The van der Waals surface area contributed by atoms with Crippen LogP contribution < -0.4 is 10.3 Å². The lowest BCUT2D eigenvalue weighted by molar-refractivity contribution is 0.00578. The normalized spacial score (nSPS) is 21.8. The minimum absolute atomic E-state index is 0.453. The van der Waals surface area contributed by atoms with E-state index < -0.39 is 29.1 Å². The Morgan fingerprint density at radius 2 is 1.80 bits per heavy atom. The van der Waals surface area contributed by atoms with Crippen LogP contribution in [0.1, 0.15) is 27.7 Å². The van der Waals surface area contributed by atoms with Crippen molar-refractivity contribution >= 4 is 23.5 Å². The fraction of sp³-hybridized carbons (Fsp3) is 0.615. The van der Waals surface area contributed by atoms with E-state index in [1.807, 2.05) is 27.7 Å². The zero-order valence-corrected chi connectivity index (χ0v) is 13.5. The van der Waals surface area contributed by atoms with Crippen LogP contribution in [-0.4, -0.2) is 40.9 Å². The maximum absolute atomic E-state index is 11.8. The van der Waals surface area contributed by atoms with E-state index in [-0.39, 0.29) is 0 Å². The summed E-state index contributed by atoms with van der Waals surface area (Å²) in [4.78, 5) is 4.89. The maximum atomic E-state index is 11.8. The van der Waals surface area contributed by atoms with E-state index in [0.29, 0.717) is 16.2 Å². The van der Waals surface area contributed by atoms with Gasteiger partial charge in [-0.2, -0.15) is 0 Å². The number of hydrogen-bond acceptors (Lipinski definition) is 5.